The quantitative estimate of drug-likeness (QED) is 0.411. The van der Waals surface area contributed by atoms with Crippen LogP contribution in [0, 0.1) is 6.92 Å². The SMILES string of the molecule is COc1ccc2ccc(C(=O)c3c(C)n4c5c(cccc35)OCC4CN3CCOCC3)cc2c1. The van der Waals surface area contributed by atoms with Gasteiger partial charge in [-0.2, -0.15) is 0 Å². The average molecular weight is 457 g/mol. The molecular formula is C28H28N2O4. The first-order chi connectivity index (χ1) is 16.6. The van der Waals surface area contributed by atoms with E-state index in [9.17, 15) is 4.79 Å². The zero-order chi connectivity index (χ0) is 23.2. The van der Waals surface area contributed by atoms with E-state index in [0.29, 0.717) is 12.2 Å². The molecule has 3 heterocycles. The number of carbonyl (C=O) groups excluding carboxylic acids is 1. The molecule has 1 unspecified atom stereocenters. The van der Waals surface area contributed by atoms with Crippen LogP contribution >= 0.6 is 0 Å². The maximum atomic E-state index is 13.9. The van der Waals surface area contributed by atoms with Gasteiger partial charge in [-0.15, -0.1) is 0 Å². The lowest BCUT2D eigenvalue weighted by molar-refractivity contribution is 0.0272. The van der Waals surface area contributed by atoms with E-state index in [0.717, 1.165) is 77.3 Å². The van der Waals surface area contributed by atoms with Crippen molar-refractivity contribution in [2.24, 2.45) is 0 Å². The third kappa shape index (κ3) is 3.45. The van der Waals surface area contributed by atoms with Crippen molar-refractivity contribution in [1.82, 2.24) is 9.47 Å². The molecule has 0 spiro atoms. The van der Waals surface area contributed by atoms with Crippen molar-refractivity contribution in [3.8, 4) is 11.5 Å². The summed E-state index contributed by atoms with van der Waals surface area (Å²) in [6.45, 7) is 6.93. The van der Waals surface area contributed by atoms with Gasteiger partial charge in [0.25, 0.3) is 0 Å². The Morgan fingerprint density at radius 2 is 1.88 bits per heavy atom. The molecule has 174 valence electrons. The van der Waals surface area contributed by atoms with Gasteiger partial charge in [0, 0.05) is 36.3 Å². The van der Waals surface area contributed by atoms with Crippen LogP contribution in [-0.2, 0) is 4.74 Å². The predicted octanol–water partition coefficient (Wildman–Crippen LogP) is 4.61. The van der Waals surface area contributed by atoms with Crippen molar-refractivity contribution >= 4 is 27.5 Å². The van der Waals surface area contributed by atoms with Gasteiger partial charge in [-0.1, -0.05) is 30.3 Å². The summed E-state index contributed by atoms with van der Waals surface area (Å²) in [4.78, 5) is 16.4. The number of benzene rings is 3. The lowest BCUT2D eigenvalue weighted by atomic mass is 9.98. The Bertz CT molecular complexity index is 1400. The molecule has 1 aromatic heterocycles. The summed E-state index contributed by atoms with van der Waals surface area (Å²) in [5.41, 5.74) is 3.46. The van der Waals surface area contributed by atoms with Gasteiger partial charge in [-0.3, -0.25) is 9.69 Å². The Hall–Kier alpha value is -3.35. The summed E-state index contributed by atoms with van der Waals surface area (Å²) in [7, 11) is 1.66. The Morgan fingerprint density at radius 3 is 2.71 bits per heavy atom. The van der Waals surface area contributed by atoms with E-state index >= 15 is 0 Å². The summed E-state index contributed by atoms with van der Waals surface area (Å²) >= 11 is 0. The summed E-state index contributed by atoms with van der Waals surface area (Å²) in [5, 5.41) is 3.03. The highest BCUT2D eigenvalue weighted by Crippen LogP contribution is 2.40. The van der Waals surface area contributed by atoms with Gasteiger partial charge >= 0.3 is 0 Å². The molecule has 2 aliphatic heterocycles. The maximum Gasteiger partial charge on any atom is 0.195 e. The van der Waals surface area contributed by atoms with Crippen LogP contribution < -0.4 is 9.47 Å². The second kappa shape index (κ2) is 8.46. The first kappa shape index (κ1) is 21.2. The fourth-order valence-corrected chi connectivity index (χ4v) is 5.43. The summed E-state index contributed by atoms with van der Waals surface area (Å²) in [6, 6.07) is 18.0. The lowest BCUT2D eigenvalue weighted by Gasteiger charge is -2.34. The maximum absolute atomic E-state index is 13.9. The smallest absolute Gasteiger partial charge is 0.195 e. The fraction of sp³-hybridized carbons (Fsp3) is 0.321. The number of aromatic nitrogens is 1. The predicted molar refractivity (Wildman–Crippen MR) is 132 cm³/mol. The molecule has 1 atom stereocenters. The summed E-state index contributed by atoms with van der Waals surface area (Å²) in [5.74, 6) is 1.67. The average Bonchev–Trinajstić information content (AvgIpc) is 3.18. The number of morpholine rings is 1. The molecule has 0 amide bonds. The van der Waals surface area contributed by atoms with Crippen LogP contribution in [0.1, 0.15) is 27.7 Å². The number of hydrogen-bond acceptors (Lipinski definition) is 5. The van der Waals surface area contributed by atoms with E-state index in [-0.39, 0.29) is 11.8 Å². The molecule has 1 saturated heterocycles. The standard InChI is InChI=1S/C28H28N2O4/c1-18-26(28(31)20-7-6-19-8-9-23(32-2)15-21(19)14-20)24-4-3-5-25-27(24)30(18)22(17-34-25)16-29-10-12-33-13-11-29/h3-9,14-15,22H,10-13,16-17H2,1-2H3. The van der Waals surface area contributed by atoms with Crippen LogP contribution in [0.4, 0.5) is 0 Å². The molecule has 0 aliphatic carbocycles. The number of hydrogen-bond donors (Lipinski definition) is 0. The van der Waals surface area contributed by atoms with Crippen molar-refractivity contribution in [3.05, 3.63) is 71.4 Å². The van der Waals surface area contributed by atoms with E-state index in [1.807, 2.05) is 54.6 Å². The normalized spacial score (nSPS) is 18.2. The highest BCUT2D eigenvalue weighted by molar-refractivity contribution is 6.19. The third-order valence-electron chi connectivity index (χ3n) is 7.14. The van der Waals surface area contributed by atoms with Crippen LogP contribution in [0.25, 0.3) is 21.7 Å². The zero-order valence-electron chi connectivity index (χ0n) is 19.5. The molecule has 0 N–H and O–H groups in total. The number of para-hydroxylation sites is 1. The molecule has 3 aromatic carbocycles. The molecule has 0 bridgehead atoms. The molecule has 1 fully saturated rings. The van der Waals surface area contributed by atoms with Gasteiger partial charge < -0.3 is 18.8 Å². The first-order valence-corrected chi connectivity index (χ1v) is 11.8. The molecule has 0 saturated carbocycles. The number of rotatable bonds is 5. The van der Waals surface area contributed by atoms with E-state index in [1.54, 1.807) is 7.11 Å². The summed E-state index contributed by atoms with van der Waals surface area (Å²) in [6.07, 6.45) is 0. The monoisotopic (exact) mass is 456 g/mol. The minimum absolute atomic E-state index is 0.0372. The van der Waals surface area contributed by atoms with E-state index < -0.39 is 0 Å². The molecule has 2 aliphatic rings. The number of fused-ring (bicyclic) bond motifs is 1. The first-order valence-electron chi connectivity index (χ1n) is 11.8. The van der Waals surface area contributed by atoms with E-state index in [2.05, 4.69) is 16.4 Å². The van der Waals surface area contributed by atoms with Crippen molar-refractivity contribution < 1.29 is 19.0 Å². The Kier molecular flexibility index (Phi) is 5.27. The number of methoxy groups -OCH3 is 1. The van der Waals surface area contributed by atoms with Crippen LogP contribution in [0.3, 0.4) is 0 Å². The van der Waals surface area contributed by atoms with Crippen LogP contribution in [0.5, 0.6) is 11.5 Å². The van der Waals surface area contributed by atoms with E-state index in [4.69, 9.17) is 14.2 Å². The van der Waals surface area contributed by atoms with Crippen molar-refractivity contribution in [2.75, 3.05) is 46.6 Å². The largest absolute Gasteiger partial charge is 0.497 e. The van der Waals surface area contributed by atoms with Crippen LogP contribution in [0.15, 0.2) is 54.6 Å². The van der Waals surface area contributed by atoms with E-state index in [1.165, 1.54) is 0 Å². The van der Waals surface area contributed by atoms with Crippen LogP contribution in [0.2, 0.25) is 0 Å². The van der Waals surface area contributed by atoms with Gasteiger partial charge in [-0.25, -0.2) is 0 Å². The van der Waals surface area contributed by atoms with Crippen molar-refractivity contribution in [2.45, 2.75) is 13.0 Å². The Balaban J connectivity index is 1.44. The molecule has 4 aromatic rings. The molecule has 6 heteroatoms. The zero-order valence-corrected chi connectivity index (χ0v) is 19.5. The second-order valence-electron chi connectivity index (χ2n) is 9.12. The fourth-order valence-electron chi connectivity index (χ4n) is 5.43. The minimum Gasteiger partial charge on any atom is -0.497 e. The Morgan fingerprint density at radius 1 is 1.06 bits per heavy atom. The number of ketones is 1. The van der Waals surface area contributed by atoms with Gasteiger partial charge in [0.2, 0.25) is 0 Å². The highest BCUT2D eigenvalue weighted by Gasteiger charge is 2.31. The molecule has 0 radical (unpaired) electrons. The van der Waals surface area contributed by atoms with Gasteiger partial charge in [0.15, 0.2) is 5.78 Å². The van der Waals surface area contributed by atoms with Gasteiger partial charge in [-0.05, 0) is 42.0 Å². The van der Waals surface area contributed by atoms with Gasteiger partial charge in [0.1, 0.15) is 18.1 Å². The number of nitrogens with zero attached hydrogens (tertiary/aromatic N) is 2. The lowest BCUT2D eigenvalue weighted by Crippen LogP contribution is -2.42. The molecular weight excluding hydrogens is 428 g/mol. The van der Waals surface area contributed by atoms with Gasteiger partial charge in [0.05, 0.1) is 37.4 Å². The topological polar surface area (TPSA) is 52.9 Å². The van der Waals surface area contributed by atoms with Crippen molar-refractivity contribution in [3.63, 3.8) is 0 Å². The number of carbonyl (C=O) groups is 1. The molecule has 6 rings (SSSR count). The summed E-state index contributed by atoms with van der Waals surface area (Å²) < 4.78 is 19.4. The molecule has 6 nitrogen and oxygen atoms in total. The molecule has 34 heavy (non-hydrogen) atoms. The Labute approximate surface area is 198 Å². The van der Waals surface area contributed by atoms with Crippen molar-refractivity contribution in [1.29, 1.82) is 0 Å². The number of ether oxygens (including phenoxy) is 3. The minimum atomic E-state index is 0.0372. The van der Waals surface area contributed by atoms with Crippen LogP contribution in [-0.4, -0.2) is 61.8 Å². The third-order valence-corrected chi connectivity index (χ3v) is 7.14. The highest BCUT2D eigenvalue weighted by atomic mass is 16.5. The second-order valence-corrected chi connectivity index (χ2v) is 9.12.